The summed E-state index contributed by atoms with van der Waals surface area (Å²) in [6.07, 6.45) is 5.22. The molecule has 1 aliphatic carbocycles. The van der Waals surface area contributed by atoms with Crippen molar-refractivity contribution in [3.05, 3.63) is 40.3 Å². The van der Waals surface area contributed by atoms with E-state index in [2.05, 4.69) is 4.98 Å². The normalized spacial score (nSPS) is 16.2. The van der Waals surface area contributed by atoms with Crippen LogP contribution in [0.25, 0.3) is 5.52 Å². The third-order valence-corrected chi connectivity index (χ3v) is 3.20. The largest absolute Gasteiger partial charge is 0.389 e. The molecule has 2 aromatic heterocycles. The number of hydrogen-bond acceptors (Lipinski definition) is 3. The van der Waals surface area contributed by atoms with Crippen molar-refractivity contribution in [2.24, 2.45) is 0 Å². The minimum atomic E-state index is -0.405. The van der Waals surface area contributed by atoms with Crippen LogP contribution >= 0.6 is 0 Å². The zero-order valence-corrected chi connectivity index (χ0v) is 8.67. The van der Waals surface area contributed by atoms with Crippen LogP contribution in [0.2, 0.25) is 0 Å². The number of aromatic nitrogens is 2. The Hall–Kier alpha value is -1.91. The first-order valence-corrected chi connectivity index (χ1v) is 5.39. The highest BCUT2D eigenvalue weighted by Gasteiger charge is 2.31. The SMILES string of the molecule is O=[N+]([O-])c1nc(C2CCC2)n2ccccc12. The zero-order chi connectivity index (χ0) is 11.1. The van der Waals surface area contributed by atoms with Crippen LogP contribution in [0.5, 0.6) is 0 Å². The lowest BCUT2D eigenvalue weighted by atomic mass is 9.85. The molecule has 3 rings (SSSR count). The number of pyridine rings is 1. The summed E-state index contributed by atoms with van der Waals surface area (Å²) in [5, 5.41) is 10.9. The fourth-order valence-corrected chi connectivity index (χ4v) is 2.13. The third kappa shape index (κ3) is 1.21. The molecule has 0 N–H and O–H groups in total. The van der Waals surface area contributed by atoms with E-state index >= 15 is 0 Å². The summed E-state index contributed by atoms with van der Waals surface area (Å²) < 4.78 is 1.85. The molecule has 1 aliphatic rings. The van der Waals surface area contributed by atoms with Gasteiger partial charge in [-0.3, -0.25) is 4.40 Å². The summed E-state index contributed by atoms with van der Waals surface area (Å²) in [4.78, 5) is 14.7. The molecule has 0 bridgehead atoms. The number of fused-ring (bicyclic) bond motifs is 1. The molecule has 0 aliphatic heterocycles. The lowest BCUT2D eigenvalue weighted by molar-refractivity contribution is -0.387. The predicted octanol–water partition coefficient (Wildman–Crippen LogP) is 2.51. The van der Waals surface area contributed by atoms with Gasteiger partial charge in [-0.1, -0.05) is 12.5 Å². The molecule has 16 heavy (non-hydrogen) atoms. The Morgan fingerprint density at radius 1 is 1.44 bits per heavy atom. The summed E-state index contributed by atoms with van der Waals surface area (Å²) in [6, 6.07) is 5.42. The van der Waals surface area contributed by atoms with Crippen LogP contribution in [0.4, 0.5) is 5.82 Å². The average Bonchev–Trinajstić information content (AvgIpc) is 2.56. The topological polar surface area (TPSA) is 60.4 Å². The molecule has 2 aromatic rings. The van der Waals surface area contributed by atoms with E-state index in [1.807, 2.05) is 16.7 Å². The molecule has 5 heteroatoms. The first kappa shape index (κ1) is 9.33. The van der Waals surface area contributed by atoms with Crippen LogP contribution in [0, 0.1) is 10.1 Å². The van der Waals surface area contributed by atoms with Crippen molar-refractivity contribution in [2.75, 3.05) is 0 Å². The number of imidazole rings is 1. The van der Waals surface area contributed by atoms with Gasteiger partial charge >= 0.3 is 5.82 Å². The lowest BCUT2D eigenvalue weighted by Crippen LogP contribution is -2.12. The van der Waals surface area contributed by atoms with Crippen molar-refractivity contribution in [2.45, 2.75) is 25.2 Å². The Labute approximate surface area is 91.9 Å². The van der Waals surface area contributed by atoms with E-state index in [-0.39, 0.29) is 5.82 Å². The van der Waals surface area contributed by atoms with Crippen molar-refractivity contribution in [3.8, 4) is 0 Å². The van der Waals surface area contributed by atoms with Gasteiger partial charge in [0.25, 0.3) is 0 Å². The predicted molar refractivity (Wildman–Crippen MR) is 58.4 cm³/mol. The van der Waals surface area contributed by atoms with Gasteiger partial charge in [0.1, 0.15) is 5.52 Å². The van der Waals surface area contributed by atoms with E-state index in [0.29, 0.717) is 11.4 Å². The molecule has 2 heterocycles. The molecular formula is C11H11N3O2. The molecule has 0 radical (unpaired) electrons. The maximum absolute atomic E-state index is 10.9. The van der Waals surface area contributed by atoms with Gasteiger partial charge in [-0.25, -0.2) is 0 Å². The number of rotatable bonds is 2. The van der Waals surface area contributed by atoms with Crippen LogP contribution in [0.1, 0.15) is 31.0 Å². The van der Waals surface area contributed by atoms with Gasteiger partial charge in [-0.2, -0.15) is 0 Å². The van der Waals surface area contributed by atoms with E-state index in [1.165, 1.54) is 6.42 Å². The molecule has 5 nitrogen and oxygen atoms in total. The molecule has 82 valence electrons. The van der Waals surface area contributed by atoms with Crippen LogP contribution in [-0.4, -0.2) is 14.3 Å². The molecule has 0 amide bonds. The van der Waals surface area contributed by atoms with Crippen LogP contribution in [-0.2, 0) is 0 Å². The highest BCUT2D eigenvalue weighted by Crippen LogP contribution is 2.37. The van der Waals surface area contributed by atoms with Gasteiger partial charge < -0.3 is 10.1 Å². The molecule has 0 unspecified atom stereocenters. The van der Waals surface area contributed by atoms with Crippen molar-refractivity contribution < 1.29 is 4.92 Å². The van der Waals surface area contributed by atoms with E-state index < -0.39 is 4.92 Å². The first-order valence-electron chi connectivity index (χ1n) is 5.39. The van der Waals surface area contributed by atoms with Crippen LogP contribution < -0.4 is 0 Å². The number of hydrogen-bond donors (Lipinski definition) is 0. The maximum atomic E-state index is 10.9. The standard InChI is InChI=1S/C11H11N3O2/c15-14(16)11-9-6-1-2-7-13(9)10(12-11)8-4-3-5-8/h1-2,6-8H,3-5H2. The quantitative estimate of drug-likeness (QED) is 0.573. The lowest BCUT2D eigenvalue weighted by Gasteiger charge is -2.21. The minimum absolute atomic E-state index is 0.0255. The molecule has 0 atom stereocenters. The summed E-state index contributed by atoms with van der Waals surface area (Å²) >= 11 is 0. The van der Waals surface area contributed by atoms with Crippen LogP contribution in [0.15, 0.2) is 24.4 Å². The summed E-state index contributed by atoms with van der Waals surface area (Å²) in [5.74, 6) is 1.21. The molecule has 0 spiro atoms. The van der Waals surface area contributed by atoms with Gasteiger partial charge in [-0.05, 0) is 34.9 Å². The number of nitro groups is 1. The number of nitrogens with zero attached hydrogens (tertiary/aromatic N) is 3. The van der Waals surface area contributed by atoms with Crippen molar-refractivity contribution >= 4 is 11.3 Å². The van der Waals surface area contributed by atoms with Gasteiger partial charge in [0.2, 0.25) is 5.82 Å². The molecule has 0 aromatic carbocycles. The second kappa shape index (κ2) is 3.30. The monoisotopic (exact) mass is 217 g/mol. The van der Waals surface area contributed by atoms with Crippen molar-refractivity contribution in [1.29, 1.82) is 0 Å². The molecular weight excluding hydrogens is 206 g/mol. The first-order chi connectivity index (χ1) is 7.77. The van der Waals surface area contributed by atoms with Gasteiger partial charge in [-0.15, -0.1) is 0 Å². The van der Waals surface area contributed by atoms with Gasteiger partial charge in [0.05, 0.1) is 0 Å². The maximum Gasteiger partial charge on any atom is 0.389 e. The Balaban J connectivity index is 2.24. The summed E-state index contributed by atoms with van der Waals surface area (Å²) in [5.41, 5.74) is 0.592. The second-order valence-electron chi connectivity index (χ2n) is 4.13. The minimum Gasteiger partial charge on any atom is -0.358 e. The Morgan fingerprint density at radius 2 is 2.25 bits per heavy atom. The Bertz CT molecular complexity index is 557. The summed E-state index contributed by atoms with van der Waals surface area (Å²) in [7, 11) is 0. The van der Waals surface area contributed by atoms with Crippen molar-refractivity contribution in [1.82, 2.24) is 9.38 Å². The molecule has 0 saturated heterocycles. The summed E-state index contributed by atoms with van der Waals surface area (Å²) in [6.45, 7) is 0. The fraction of sp³-hybridized carbons (Fsp3) is 0.364. The van der Waals surface area contributed by atoms with E-state index in [1.54, 1.807) is 12.1 Å². The van der Waals surface area contributed by atoms with E-state index in [9.17, 15) is 10.1 Å². The Kier molecular flexibility index (Phi) is 1.92. The van der Waals surface area contributed by atoms with Crippen molar-refractivity contribution in [3.63, 3.8) is 0 Å². The second-order valence-corrected chi connectivity index (χ2v) is 4.13. The fourth-order valence-electron chi connectivity index (χ4n) is 2.13. The van der Waals surface area contributed by atoms with Crippen LogP contribution in [0.3, 0.4) is 0 Å². The Morgan fingerprint density at radius 3 is 2.88 bits per heavy atom. The molecule has 1 saturated carbocycles. The highest BCUT2D eigenvalue weighted by molar-refractivity contribution is 5.62. The van der Waals surface area contributed by atoms with Gasteiger partial charge in [0.15, 0.2) is 0 Å². The van der Waals surface area contributed by atoms with E-state index in [4.69, 9.17) is 0 Å². The smallest absolute Gasteiger partial charge is 0.358 e. The average molecular weight is 217 g/mol. The van der Waals surface area contributed by atoms with E-state index in [0.717, 1.165) is 18.7 Å². The van der Waals surface area contributed by atoms with Gasteiger partial charge in [0, 0.05) is 12.1 Å². The zero-order valence-electron chi connectivity index (χ0n) is 8.67. The highest BCUT2D eigenvalue weighted by atomic mass is 16.6. The third-order valence-electron chi connectivity index (χ3n) is 3.20. The molecule has 1 fully saturated rings.